The molecule has 3 aliphatic heterocycles. The van der Waals surface area contributed by atoms with Crippen LogP contribution in [0.25, 0.3) is 5.57 Å². The molecule has 4 heterocycles. The molecule has 0 amide bonds. The highest BCUT2D eigenvalue weighted by molar-refractivity contribution is 5.93. The number of nitrogens with zero attached hydrogens (tertiary/aromatic N) is 1. The quantitative estimate of drug-likeness (QED) is 0.466. The van der Waals surface area contributed by atoms with Crippen molar-refractivity contribution in [2.45, 2.75) is 44.3 Å². The van der Waals surface area contributed by atoms with E-state index in [1.54, 1.807) is 18.4 Å². The van der Waals surface area contributed by atoms with Crippen LogP contribution < -0.4 is 4.74 Å². The van der Waals surface area contributed by atoms with Gasteiger partial charge in [0.2, 0.25) is 0 Å². The van der Waals surface area contributed by atoms with E-state index in [9.17, 15) is 9.90 Å². The number of ether oxygens (including phenoxy) is 1. The van der Waals surface area contributed by atoms with Crippen LogP contribution in [0.15, 0.2) is 71.0 Å². The third kappa shape index (κ3) is 3.08. The number of aromatic carboxylic acids is 1. The molecule has 1 aromatic heterocycles. The molecule has 0 radical (unpaired) electrons. The van der Waals surface area contributed by atoms with Crippen molar-refractivity contribution in [2.75, 3.05) is 0 Å². The van der Waals surface area contributed by atoms with Crippen molar-refractivity contribution in [2.24, 2.45) is 0 Å². The first-order valence-electron chi connectivity index (χ1n) is 10.8. The summed E-state index contributed by atoms with van der Waals surface area (Å²) in [6.07, 6.45) is 8.06. The number of carbonyl (C=O) groups is 1. The largest absolute Gasteiger partial charge is 0.478 e. The van der Waals surface area contributed by atoms with E-state index < -0.39 is 5.97 Å². The molecule has 5 heteroatoms. The molecule has 2 atom stereocenters. The molecule has 0 aliphatic carbocycles. The summed E-state index contributed by atoms with van der Waals surface area (Å²) in [4.78, 5) is 14.1. The number of benzene rings is 2. The van der Waals surface area contributed by atoms with Crippen LogP contribution in [0.4, 0.5) is 0 Å². The maximum Gasteiger partial charge on any atom is 0.335 e. The molecule has 6 rings (SSSR count). The fraction of sp³-hybridized carbons (Fsp3) is 0.269. The summed E-state index contributed by atoms with van der Waals surface area (Å²) in [5.74, 6) is 0.493. The first kappa shape index (κ1) is 18.5. The predicted octanol–water partition coefficient (Wildman–Crippen LogP) is 5.71. The van der Waals surface area contributed by atoms with Gasteiger partial charge in [0.1, 0.15) is 11.5 Å². The topological polar surface area (TPSA) is 62.9 Å². The third-order valence-corrected chi connectivity index (χ3v) is 6.91. The molecule has 2 fully saturated rings. The van der Waals surface area contributed by atoms with E-state index in [0.717, 1.165) is 36.3 Å². The van der Waals surface area contributed by atoms with Gasteiger partial charge in [-0.3, -0.25) is 4.90 Å². The molecular formula is C26H23NO4. The number of para-hydroxylation sites is 1. The predicted molar refractivity (Wildman–Crippen MR) is 116 cm³/mol. The minimum Gasteiger partial charge on any atom is -0.478 e. The highest BCUT2D eigenvalue weighted by Crippen LogP contribution is 2.49. The van der Waals surface area contributed by atoms with E-state index >= 15 is 0 Å². The zero-order chi connectivity index (χ0) is 20.9. The van der Waals surface area contributed by atoms with Gasteiger partial charge >= 0.3 is 5.97 Å². The summed E-state index contributed by atoms with van der Waals surface area (Å²) in [5.41, 5.74) is 6.27. The Hall–Kier alpha value is -3.31. The molecule has 2 aromatic carbocycles. The summed E-state index contributed by atoms with van der Waals surface area (Å²) in [5, 5.41) is 9.43. The number of hydrogen-bond donors (Lipinski definition) is 1. The van der Waals surface area contributed by atoms with Crippen LogP contribution in [0, 0.1) is 0 Å². The summed E-state index contributed by atoms with van der Waals surface area (Å²) in [6.45, 7) is 0.937. The number of fused-ring (bicyclic) bond motifs is 4. The van der Waals surface area contributed by atoms with Gasteiger partial charge in [0.15, 0.2) is 0 Å². The van der Waals surface area contributed by atoms with Crippen molar-refractivity contribution in [1.82, 2.24) is 4.90 Å². The van der Waals surface area contributed by atoms with Gasteiger partial charge in [-0.15, -0.1) is 0 Å². The molecule has 156 valence electrons. The summed E-state index contributed by atoms with van der Waals surface area (Å²) >= 11 is 0. The Labute approximate surface area is 180 Å². The number of furan rings is 1. The second kappa shape index (κ2) is 7.13. The Balaban J connectivity index is 1.42. The molecule has 31 heavy (non-hydrogen) atoms. The molecule has 2 saturated heterocycles. The summed E-state index contributed by atoms with van der Waals surface area (Å²) in [7, 11) is 0. The molecule has 2 unspecified atom stereocenters. The molecular weight excluding hydrogens is 390 g/mol. The molecule has 3 aliphatic rings. The minimum absolute atomic E-state index is 0.248. The Morgan fingerprint density at radius 1 is 1.00 bits per heavy atom. The van der Waals surface area contributed by atoms with Crippen molar-refractivity contribution in [1.29, 1.82) is 0 Å². The van der Waals surface area contributed by atoms with E-state index in [4.69, 9.17) is 9.15 Å². The van der Waals surface area contributed by atoms with E-state index in [0.29, 0.717) is 17.8 Å². The second-order valence-corrected chi connectivity index (χ2v) is 8.69. The van der Waals surface area contributed by atoms with Crippen molar-refractivity contribution in [3.63, 3.8) is 0 Å². The summed E-state index contributed by atoms with van der Waals surface area (Å²) in [6, 6.07) is 16.4. The fourth-order valence-electron chi connectivity index (χ4n) is 5.51. The highest BCUT2D eigenvalue weighted by atomic mass is 16.5. The maximum absolute atomic E-state index is 11.5. The molecule has 5 nitrogen and oxygen atoms in total. The minimum atomic E-state index is -0.940. The highest BCUT2D eigenvalue weighted by Gasteiger charge is 2.40. The Morgan fingerprint density at radius 2 is 1.77 bits per heavy atom. The van der Waals surface area contributed by atoms with Crippen LogP contribution in [0.3, 0.4) is 0 Å². The smallest absolute Gasteiger partial charge is 0.335 e. The maximum atomic E-state index is 11.5. The standard InChI is InChI=1S/C26H23NO4/c28-26(29)17-5-8-22-24(13-17)31-23-4-2-1-3-21(23)25(22)18-11-19-6-7-20(12-18)27(19)14-16-9-10-30-15-16/h1-5,8-10,13,15,19-20H,6-7,11-12,14H2,(H,28,29). The van der Waals surface area contributed by atoms with Crippen molar-refractivity contribution in [3.8, 4) is 11.5 Å². The summed E-state index contributed by atoms with van der Waals surface area (Å²) < 4.78 is 11.4. The van der Waals surface area contributed by atoms with E-state index in [1.165, 1.54) is 29.6 Å². The van der Waals surface area contributed by atoms with E-state index in [1.807, 2.05) is 30.5 Å². The van der Waals surface area contributed by atoms with Gasteiger partial charge in [-0.1, -0.05) is 23.8 Å². The molecule has 0 saturated carbocycles. The van der Waals surface area contributed by atoms with E-state index in [2.05, 4.69) is 17.0 Å². The first-order valence-corrected chi connectivity index (χ1v) is 10.8. The Bertz CT molecular complexity index is 1180. The monoisotopic (exact) mass is 413 g/mol. The van der Waals surface area contributed by atoms with Crippen LogP contribution in [-0.4, -0.2) is 28.1 Å². The van der Waals surface area contributed by atoms with Crippen molar-refractivity contribution >= 4 is 11.5 Å². The van der Waals surface area contributed by atoms with Crippen LogP contribution >= 0.6 is 0 Å². The van der Waals surface area contributed by atoms with Gasteiger partial charge in [-0.05, 0) is 61.6 Å². The lowest BCUT2D eigenvalue weighted by Crippen LogP contribution is -2.40. The number of piperidine rings is 1. The number of hydrogen-bond acceptors (Lipinski definition) is 4. The average molecular weight is 413 g/mol. The van der Waals surface area contributed by atoms with Gasteiger partial charge < -0.3 is 14.3 Å². The molecule has 1 N–H and O–H groups in total. The molecule has 0 spiro atoms. The lowest BCUT2D eigenvalue weighted by molar-refractivity contribution is 0.0696. The van der Waals surface area contributed by atoms with Gasteiger partial charge in [-0.25, -0.2) is 4.79 Å². The van der Waals surface area contributed by atoms with Crippen molar-refractivity contribution in [3.05, 3.63) is 88.9 Å². The van der Waals surface area contributed by atoms with Crippen LogP contribution in [0.5, 0.6) is 11.5 Å². The van der Waals surface area contributed by atoms with Gasteiger partial charge in [-0.2, -0.15) is 0 Å². The van der Waals surface area contributed by atoms with E-state index in [-0.39, 0.29) is 5.56 Å². The SMILES string of the molecule is O=C(O)c1ccc2c(c1)Oc1ccccc1C2=C1CC2CCC(C1)N2Cc1ccoc1. The zero-order valence-electron chi connectivity index (χ0n) is 17.1. The molecule has 3 aromatic rings. The Kier molecular flexibility index (Phi) is 4.25. The van der Waals surface area contributed by atoms with Gasteiger partial charge in [0.05, 0.1) is 18.1 Å². The first-order chi connectivity index (χ1) is 15.2. The lowest BCUT2D eigenvalue weighted by atomic mass is 9.83. The normalized spacial score (nSPS) is 22.1. The van der Waals surface area contributed by atoms with Crippen LogP contribution in [0.2, 0.25) is 0 Å². The molecule has 2 bridgehead atoms. The third-order valence-electron chi connectivity index (χ3n) is 6.91. The van der Waals surface area contributed by atoms with Crippen LogP contribution in [0.1, 0.15) is 52.7 Å². The number of rotatable bonds is 3. The second-order valence-electron chi connectivity index (χ2n) is 8.69. The average Bonchev–Trinajstić information content (AvgIpc) is 3.37. The number of carboxylic acid groups (broad SMARTS) is 1. The van der Waals surface area contributed by atoms with Crippen molar-refractivity contribution < 1.29 is 19.1 Å². The van der Waals surface area contributed by atoms with Gasteiger partial charge in [0.25, 0.3) is 0 Å². The van der Waals surface area contributed by atoms with Gasteiger partial charge in [0, 0.05) is 35.3 Å². The fourth-order valence-corrected chi connectivity index (χ4v) is 5.51. The zero-order valence-corrected chi connectivity index (χ0v) is 17.1. The van der Waals surface area contributed by atoms with Crippen LogP contribution in [-0.2, 0) is 6.54 Å². The lowest BCUT2D eigenvalue weighted by Gasteiger charge is -2.38. The Morgan fingerprint density at radius 3 is 2.52 bits per heavy atom. The number of carboxylic acids is 1.